The normalized spacial score (nSPS) is 11.0. The Morgan fingerprint density at radius 2 is 1.90 bits per heavy atom. The fourth-order valence-electron chi connectivity index (χ4n) is 2.84. The van der Waals surface area contributed by atoms with Gasteiger partial charge in [-0.05, 0) is 36.4 Å². The van der Waals surface area contributed by atoms with E-state index < -0.39 is 18.5 Å². The first-order valence-corrected chi connectivity index (χ1v) is 10.2. The molecular formula is C23H16FN3O3S. The molecule has 1 amide bonds. The molecule has 154 valence electrons. The number of para-hydroxylation sites is 1. The molecule has 4 rings (SSSR count). The molecule has 6 nitrogen and oxygen atoms in total. The Labute approximate surface area is 181 Å². The second-order valence-electron chi connectivity index (χ2n) is 6.46. The fourth-order valence-corrected chi connectivity index (χ4v) is 3.58. The number of hydrogen-bond acceptors (Lipinski definition) is 6. The molecule has 4 aromatic rings. The highest BCUT2D eigenvalue weighted by Gasteiger charge is 2.10. The van der Waals surface area contributed by atoms with Gasteiger partial charge in [-0.3, -0.25) is 15.1 Å². The van der Waals surface area contributed by atoms with Crippen molar-refractivity contribution < 1.29 is 18.7 Å². The zero-order chi connectivity index (χ0) is 21.6. The summed E-state index contributed by atoms with van der Waals surface area (Å²) < 4.78 is 18.0. The third kappa shape index (κ3) is 5.18. The number of anilines is 1. The highest BCUT2D eigenvalue weighted by atomic mass is 32.1. The topological polar surface area (TPSA) is 81.2 Å². The van der Waals surface area contributed by atoms with Crippen molar-refractivity contribution in [1.29, 1.82) is 0 Å². The van der Waals surface area contributed by atoms with Crippen LogP contribution in [0.4, 0.5) is 9.52 Å². The molecule has 0 bridgehead atoms. The summed E-state index contributed by atoms with van der Waals surface area (Å²) in [5, 5.41) is 5.64. The van der Waals surface area contributed by atoms with Crippen LogP contribution in [0.25, 0.3) is 28.2 Å². The largest absolute Gasteiger partial charge is 0.452 e. The number of aromatic nitrogens is 2. The molecule has 1 N–H and O–H groups in total. The highest BCUT2D eigenvalue weighted by Crippen LogP contribution is 2.25. The Hall–Kier alpha value is -3.91. The lowest BCUT2D eigenvalue weighted by Crippen LogP contribution is -2.20. The predicted molar refractivity (Wildman–Crippen MR) is 118 cm³/mol. The predicted octanol–water partition coefficient (Wildman–Crippen LogP) is 4.69. The van der Waals surface area contributed by atoms with Crippen LogP contribution in [0.5, 0.6) is 0 Å². The van der Waals surface area contributed by atoms with Gasteiger partial charge >= 0.3 is 5.97 Å². The third-order valence-corrected chi connectivity index (χ3v) is 5.06. The number of pyridine rings is 1. The maximum Gasteiger partial charge on any atom is 0.331 e. The van der Waals surface area contributed by atoms with E-state index in [9.17, 15) is 14.0 Å². The van der Waals surface area contributed by atoms with E-state index in [0.29, 0.717) is 10.8 Å². The number of carbonyl (C=O) groups is 2. The van der Waals surface area contributed by atoms with Gasteiger partial charge in [-0.1, -0.05) is 24.3 Å². The SMILES string of the molecule is O=C(COC(=O)/C=C/c1cccc2cccnc12)Nc1nc(-c2ccc(F)cc2)cs1. The van der Waals surface area contributed by atoms with Gasteiger partial charge in [-0.2, -0.15) is 0 Å². The molecule has 0 aliphatic rings. The van der Waals surface area contributed by atoms with E-state index >= 15 is 0 Å². The Kier molecular flexibility index (Phi) is 6.09. The number of carbonyl (C=O) groups excluding carboxylic acids is 2. The average Bonchev–Trinajstić information content (AvgIpc) is 3.25. The zero-order valence-electron chi connectivity index (χ0n) is 16.1. The molecule has 8 heteroatoms. The minimum atomic E-state index is -0.644. The lowest BCUT2D eigenvalue weighted by Gasteiger charge is -2.03. The molecule has 0 atom stereocenters. The number of halogens is 1. The lowest BCUT2D eigenvalue weighted by molar-refractivity contribution is -0.142. The number of hydrogen-bond donors (Lipinski definition) is 1. The summed E-state index contributed by atoms with van der Waals surface area (Å²) in [5.74, 6) is -1.48. The summed E-state index contributed by atoms with van der Waals surface area (Å²) in [5.41, 5.74) is 2.89. The van der Waals surface area contributed by atoms with Crippen molar-refractivity contribution in [3.05, 3.63) is 83.6 Å². The monoisotopic (exact) mass is 433 g/mol. The lowest BCUT2D eigenvalue weighted by atomic mass is 10.1. The molecule has 0 fully saturated rings. The van der Waals surface area contributed by atoms with Gasteiger partial charge in [-0.25, -0.2) is 14.2 Å². The maximum absolute atomic E-state index is 13.0. The summed E-state index contributed by atoms with van der Waals surface area (Å²) in [6.45, 7) is -0.442. The van der Waals surface area contributed by atoms with E-state index in [1.54, 1.807) is 29.8 Å². The van der Waals surface area contributed by atoms with Crippen molar-refractivity contribution in [3.8, 4) is 11.3 Å². The molecule has 0 aliphatic carbocycles. The van der Waals surface area contributed by atoms with Crippen molar-refractivity contribution in [2.24, 2.45) is 0 Å². The Bertz CT molecular complexity index is 1260. The fraction of sp³-hybridized carbons (Fsp3) is 0.0435. The van der Waals surface area contributed by atoms with Crippen molar-refractivity contribution >= 4 is 45.3 Å². The molecule has 0 radical (unpaired) electrons. The highest BCUT2D eigenvalue weighted by molar-refractivity contribution is 7.14. The van der Waals surface area contributed by atoms with E-state index in [1.807, 2.05) is 30.3 Å². The minimum Gasteiger partial charge on any atom is -0.452 e. The summed E-state index contributed by atoms with van der Waals surface area (Å²) >= 11 is 1.22. The molecular weight excluding hydrogens is 417 g/mol. The van der Waals surface area contributed by atoms with Gasteiger partial charge in [0.25, 0.3) is 5.91 Å². The quantitative estimate of drug-likeness (QED) is 0.352. The first-order chi connectivity index (χ1) is 15.1. The van der Waals surface area contributed by atoms with Gasteiger partial charge in [0.2, 0.25) is 0 Å². The molecule has 0 saturated heterocycles. The van der Waals surface area contributed by atoms with Crippen LogP contribution in [0.15, 0.2) is 72.3 Å². The summed E-state index contributed by atoms with van der Waals surface area (Å²) in [6.07, 6.45) is 4.54. The Morgan fingerprint density at radius 3 is 2.74 bits per heavy atom. The number of nitrogens with zero attached hydrogens (tertiary/aromatic N) is 2. The number of thiazole rings is 1. The van der Waals surface area contributed by atoms with E-state index in [-0.39, 0.29) is 5.82 Å². The van der Waals surface area contributed by atoms with E-state index in [4.69, 9.17) is 4.74 Å². The van der Waals surface area contributed by atoms with E-state index in [0.717, 1.165) is 22.0 Å². The minimum absolute atomic E-state index is 0.333. The number of rotatable bonds is 6. The Balaban J connectivity index is 1.31. The molecule has 0 spiro atoms. The second kappa shape index (κ2) is 9.27. The maximum atomic E-state index is 13.0. The van der Waals surface area contributed by atoms with Crippen LogP contribution in [-0.2, 0) is 14.3 Å². The first kappa shape index (κ1) is 20.4. The van der Waals surface area contributed by atoms with Crippen molar-refractivity contribution in [3.63, 3.8) is 0 Å². The standard InChI is InChI=1S/C23H16FN3O3S/c24-18-9-6-15(7-10-18)19-14-31-23(26-19)27-20(28)13-30-21(29)11-8-17-4-1-3-16-5-2-12-25-22(16)17/h1-12,14H,13H2,(H,26,27,28)/b11-8+. The van der Waals surface area contributed by atoms with Crippen molar-refractivity contribution in [2.45, 2.75) is 0 Å². The van der Waals surface area contributed by atoms with Crippen LogP contribution in [0.3, 0.4) is 0 Å². The van der Waals surface area contributed by atoms with Gasteiger partial charge in [0, 0.05) is 34.2 Å². The van der Waals surface area contributed by atoms with Gasteiger partial charge in [0.15, 0.2) is 11.7 Å². The number of benzene rings is 2. The average molecular weight is 433 g/mol. The summed E-state index contributed by atoms with van der Waals surface area (Å²) in [4.78, 5) is 32.6. The van der Waals surface area contributed by atoms with Gasteiger partial charge in [0.1, 0.15) is 5.82 Å². The molecule has 2 aromatic carbocycles. The van der Waals surface area contributed by atoms with Gasteiger partial charge in [0.05, 0.1) is 11.2 Å². The molecule has 31 heavy (non-hydrogen) atoms. The first-order valence-electron chi connectivity index (χ1n) is 9.28. The number of amides is 1. The molecule has 2 aromatic heterocycles. The van der Waals surface area contributed by atoms with Crippen LogP contribution in [0, 0.1) is 5.82 Å². The molecule has 0 unspecified atom stereocenters. The van der Waals surface area contributed by atoms with Gasteiger partial charge < -0.3 is 4.74 Å². The summed E-state index contributed by atoms with van der Waals surface area (Å²) in [6, 6.07) is 15.3. The second-order valence-corrected chi connectivity index (χ2v) is 7.31. The summed E-state index contributed by atoms with van der Waals surface area (Å²) in [7, 11) is 0. The number of esters is 1. The van der Waals surface area contributed by atoms with Crippen LogP contribution in [0.1, 0.15) is 5.56 Å². The zero-order valence-corrected chi connectivity index (χ0v) is 16.9. The number of nitrogens with one attached hydrogen (secondary N) is 1. The van der Waals surface area contributed by atoms with Crippen LogP contribution in [-0.4, -0.2) is 28.5 Å². The van der Waals surface area contributed by atoms with Crippen LogP contribution < -0.4 is 5.32 Å². The molecule has 0 aliphatic heterocycles. The van der Waals surface area contributed by atoms with Crippen molar-refractivity contribution in [1.82, 2.24) is 9.97 Å². The van der Waals surface area contributed by atoms with E-state index in [2.05, 4.69) is 15.3 Å². The molecule has 2 heterocycles. The Morgan fingerprint density at radius 1 is 1.10 bits per heavy atom. The number of ether oxygens (including phenoxy) is 1. The van der Waals surface area contributed by atoms with Crippen molar-refractivity contribution in [2.75, 3.05) is 11.9 Å². The van der Waals surface area contributed by atoms with E-state index in [1.165, 1.54) is 29.5 Å². The number of fused-ring (bicyclic) bond motifs is 1. The van der Waals surface area contributed by atoms with Gasteiger partial charge in [-0.15, -0.1) is 11.3 Å². The smallest absolute Gasteiger partial charge is 0.331 e. The third-order valence-electron chi connectivity index (χ3n) is 4.30. The molecule has 0 saturated carbocycles. The van der Waals surface area contributed by atoms with Crippen LogP contribution in [0.2, 0.25) is 0 Å². The van der Waals surface area contributed by atoms with Crippen LogP contribution >= 0.6 is 11.3 Å².